The molecule has 2 aromatic rings. The minimum Gasteiger partial charge on any atom is -0.338 e. The number of amides is 1. The molecule has 0 aliphatic carbocycles. The highest BCUT2D eigenvalue weighted by Crippen LogP contribution is 2.16. The molecular weight excluding hydrogens is 210 g/mol. The topological polar surface area (TPSA) is 37.6 Å². The van der Waals surface area contributed by atoms with E-state index in [0.717, 1.165) is 18.1 Å². The van der Waals surface area contributed by atoms with E-state index in [1.54, 1.807) is 6.20 Å². The van der Waals surface area contributed by atoms with Crippen molar-refractivity contribution in [3.63, 3.8) is 0 Å². The monoisotopic (exact) mass is 223 g/mol. The Hall–Kier alpha value is -1.36. The van der Waals surface area contributed by atoms with Crippen molar-refractivity contribution in [2.45, 2.75) is 13.8 Å². The lowest BCUT2D eigenvalue weighted by atomic mass is 10.4. The normalized spacial score (nSPS) is 10.8. The summed E-state index contributed by atoms with van der Waals surface area (Å²) in [7, 11) is 0. The van der Waals surface area contributed by atoms with E-state index < -0.39 is 0 Å². The summed E-state index contributed by atoms with van der Waals surface area (Å²) < 4.78 is 1.84. The number of carbonyl (C=O) groups is 1. The van der Waals surface area contributed by atoms with Crippen molar-refractivity contribution >= 4 is 22.2 Å². The maximum absolute atomic E-state index is 12.1. The summed E-state index contributed by atoms with van der Waals surface area (Å²) in [5, 5.41) is 1.86. The van der Waals surface area contributed by atoms with E-state index >= 15 is 0 Å². The second kappa shape index (κ2) is 4.02. The Labute approximate surface area is 92.2 Å². The summed E-state index contributed by atoms with van der Waals surface area (Å²) >= 11 is 1.49. The van der Waals surface area contributed by atoms with Gasteiger partial charge in [0.05, 0.1) is 0 Å². The van der Waals surface area contributed by atoms with E-state index in [-0.39, 0.29) is 5.91 Å². The lowest BCUT2D eigenvalue weighted by Crippen LogP contribution is -2.31. The molecule has 2 aromatic heterocycles. The average molecular weight is 223 g/mol. The molecule has 5 heteroatoms. The number of rotatable bonds is 3. The molecule has 0 aromatic carbocycles. The minimum absolute atomic E-state index is 0.0734. The van der Waals surface area contributed by atoms with Gasteiger partial charge in [-0.15, -0.1) is 11.3 Å². The molecule has 0 spiro atoms. The van der Waals surface area contributed by atoms with Gasteiger partial charge in [0, 0.05) is 30.9 Å². The van der Waals surface area contributed by atoms with Gasteiger partial charge in [-0.05, 0) is 13.8 Å². The van der Waals surface area contributed by atoms with Gasteiger partial charge in [-0.25, -0.2) is 4.98 Å². The maximum Gasteiger partial charge on any atom is 0.271 e. The average Bonchev–Trinajstić information content (AvgIpc) is 2.79. The Morgan fingerprint density at radius 1 is 1.53 bits per heavy atom. The molecule has 15 heavy (non-hydrogen) atoms. The van der Waals surface area contributed by atoms with Crippen LogP contribution < -0.4 is 0 Å². The van der Waals surface area contributed by atoms with Gasteiger partial charge in [0.1, 0.15) is 5.69 Å². The molecule has 0 aliphatic heterocycles. The molecule has 0 atom stereocenters. The molecule has 2 heterocycles. The lowest BCUT2D eigenvalue weighted by molar-refractivity contribution is 0.0766. The van der Waals surface area contributed by atoms with Gasteiger partial charge in [-0.3, -0.25) is 9.20 Å². The van der Waals surface area contributed by atoms with Gasteiger partial charge < -0.3 is 4.90 Å². The van der Waals surface area contributed by atoms with Gasteiger partial charge >= 0.3 is 0 Å². The zero-order chi connectivity index (χ0) is 10.8. The smallest absolute Gasteiger partial charge is 0.271 e. The largest absolute Gasteiger partial charge is 0.338 e. The number of hydrogen-bond acceptors (Lipinski definition) is 3. The Kier molecular flexibility index (Phi) is 2.73. The molecule has 0 saturated heterocycles. The van der Waals surface area contributed by atoms with Gasteiger partial charge in [0.2, 0.25) is 0 Å². The Morgan fingerprint density at radius 3 is 2.93 bits per heavy atom. The molecule has 80 valence electrons. The molecular formula is C10H13N3OS. The van der Waals surface area contributed by atoms with E-state index in [0.29, 0.717) is 5.69 Å². The number of carbonyl (C=O) groups excluding carboxylic acids is 1. The standard InChI is InChI=1S/C10H13N3OS/c1-3-12(4-2)9(14)8-7-15-10-11-5-6-13(8)10/h5-7H,3-4H2,1-2H3. The first-order valence-corrected chi connectivity index (χ1v) is 5.85. The van der Waals surface area contributed by atoms with Gasteiger partial charge in [0.15, 0.2) is 4.96 Å². The van der Waals surface area contributed by atoms with Crippen LogP contribution in [0.3, 0.4) is 0 Å². The Balaban J connectivity index is 2.38. The predicted molar refractivity (Wildman–Crippen MR) is 60.3 cm³/mol. The van der Waals surface area contributed by atoms with Crippen LogP contribution in [0.25, 0.3) is 4.96 Å². The summed E-state index contributed by atoms with van der Waals surface area (Å²) in [5.74, 6) is 0.0734. The fourth-order valence-corrected chi connectivity index (χ4v) is 2.38. The van der Waals surface area contributed by atoms with Crippen LogP contribution in [-0.2, 0) is 0 Å². The predicted octanol–water partition coefficient (Wildman–Crippen LogP) is 1.88. The first-order chi connectivity index (χ1) is 7.27. The number of hydrogen-bond donors (Lipinski definition) is 0. The summed E-state index contributed by atoms with van der Waals surface area (Å²) in [6, 6.07) is 0. The molecule has 0 N–H and O–H groups in total. The number of imidazole rings is 1. The quantitative estimate of drug-likeness (QED) is 0.796. The first kappa shape index (κ1) is 10.2. The Morgan fingerprint density at radius 2 is 2.27 bits per heavy atom. The van der Waals surface area contributed by atoms with Crippen LogP contribution in [0.5, 0.6) is 0 Å². The molecule has 2 rings (SSSR count). The summed E-state index contributed by atoms with van der Waals surface area (Å²) in [4.78, 5) is 18.9. The zero-order valence-electron chi connectivity index (χ0n) is 8.80. The zero-order valence-corrected chi connectivity index (χ0v) is 9.62. The number of aromatic nitrogens is 2. The van der Waals surface area contributed by atoms with E-state index in [9.17, 15) is 4.79 Å². The summed E-state index contributed by atoms with van der Waals surface area (Å²) in [5.41, 5.74) is 0.705. The fourth-order valence-electron chi connectivity index (χ4n) is 1.55. The Bertz CT molecular complexity index is 470. The van der Waals surface area contributed by atoms with Crippen LogP contribution in [-0.4, -0.2) is 33.3 Å². The highest BCUT2D eigenvalue weighted by molar-refractivity contribution is 7.15. The SMILES string of the molecule is CCN(CC)C(=O)c1csc2nccn12. The first-order valence-electron chi connectivity index (χ1n) is 4.97. The van der Waals surface area contributed by atoms with Gasteiger partial charge in [-0.1, -0.05) is 0 Å². The van der Waals surface area contributed by atoms with Crippen LogP contribution in [0.4, 0.5) is 0 Å². The highest BCUT2D eigenvalue weighted by Gasteiger charge is 2.16. The van der Waals surface area contributed by atoms with Crippen molar-refractivity contribution in [3.8, 4) is 0 Å². The van der Waals surface area contributed by atoms with E-state index in [1.165, 1.54) is 11.3 Å². The van der Waals surface area contributed by atoms with Crippen LogP contribution in [0, 0.1) is 0 Å². The summed E-state index contributed by atoms with van der Waals surface area (Å²) in [6.07, 6.45) is 3.54. The summed E-state index contributed by atoms with van der Waals surface area (Å²) in [6.45, 7) is 5.44. The van der Waals surface area contributed by atoms with Crippen LogP contribution in [0.15, 0.2) is 17.8 Å². The maximum atomic E-state index is 12.1. The fraction of sp³-hybridized carbons (Fsp3) is 0.400. The second-order valence-electron chi connectivity index (χ2n) is 3.18. The number of fused-ring (bicyclic) bond motifs is 1. The van der Waals surface area contributed by atoms with Gasteiger partial charge in [0.25, 0.3) is 5.91 Å². The van der Waals surface area contributed by atoms with Crippen molar-refractivity contribution < 1.29 is 4.79 Å². The molecule has 0 unspecified atom stereocenters. The minimum atomic E-state index is 0.0734. The number of nitrogens with zero attached hydrogens (tertiary/aromatic N) is 3. The molecule has 0 saturated carbocycles. The third kappa shape index (κ3) is 1.63. The molecule has 1 amide bonds. The molecule has 4 nitrogen and oxygen atoms in total. The molecule has 0 fully saturated rings. The van der Waals surface area contributed by atoms with E-state index in [1.807, 2.05) is 34.7 Å². The van der Waals surface area contributed by atoms with Crippen LogP contribution >= 0.6 is 11.3 Å². The number of thiazole rings is 1. The van der Waals surface area contributed by atoms with Crippen molar-refractivity contribution in [2.24, 2.45) is 0 Å². The second-order valence-corrected chi connectivity index (χ2v) is 4.01. The van der Waals surface area contributed by atoms with Crippen molar-refractivity contribution in [3.05, 3.63) is 23.5 Å². The third-order valence-electron chi connectivity index (χ3n) is 2.41. The molecule has 0 bridgehead atoms. The van der Waals surface area contributed by atoms with E-state index in [4.69, 9.17) is 0 Å². The lowest BCUT2D eigenvalue weighted by Gasteiger charge is -2.17. The third-order valence-corrected chi connectivity index (χ3v) is 3.27. The van der Waals surface area contributed by atoms with Crippen LogP contribution in [0.1, 0.15) is 24.3 Å². The highest BCUT2D eigenvalue weighted by atomic mass is 32.1. The van der Waals surface area contributed by atoms with Crippen LogP contribution in [0.2, 0.25) is 0 Å². The molecule has 0 radical (unpaired) electrons. The van der Waals surface area contributed by atoms with E-state index in [2.05, 4.69) is 4.98 Å². The van der Waals surface area contributed by atoms with Crippen molar-refractivity contribution in [2.75, 3.05) is 13.1 Å². The molecule has 0 aliphatic rings. The van der Waals surface area contributed by atoms with Gasteiger partial charge in [-0.2, -0.15) is 0 Å². The van der Waals surface area contributed by atoms with Crippen molar-refractivity contribution in [1.82, 2.24) is 14.3 Å². The van der Waals surface area contributed by atoms with Crippen molar-refractivity contribution in [1.29, 1.82) is 0 Å².